The number of rotatable bonds is 7. The van der Waals surface area contributed by atoms with Crippen LogP contribution in [0, 0.1) is 5.92 Å². The van der Waals surface area contributed by atoms with Crippen LogP contribution < -0.4 is 10.1 Å². The van der Waals surface area contributed by atoms with Crippen molar-refractivity contribution >= 4 is 22.8 Å². The van der Waals surface area contributed by atoms with Crippen molar-refractivity contribution in [3.05, 3.63) is 48.4 Å². The van der Waals surface area contributed by atoms with Crippen LogP contribution in [-0.2, 0) is 17.8 Å². The molecule has 0 aliphatic heterocycles. The van der Waals surface area contributed by atoms with Crippen molar-refractivity contribution in [1.82, 2.24) is 14.5 Å². The van der Waals surface area contributed by atoms with E-state index in [4.69, 9.17) is 4.74 Å². The number of para-hydroxylation sites is 2. The van der Waals surface area contributed by atoms with Crippen LogP contribution in [0.25, 0.3) is 11.0 Å². The lowest BCUT2D eigenvalue weighted by atomic mass is 9.90. The van der Waals surface area contributed by atoms with Crippen LogP contribution in [-0.4, -0.2) is 27.0 Å². The Hall–Kier alpha value is -2.89. The van der Waals surface area contributed by atoms with Crippen molar-refractivity contribution in [1.29, 1.82) is 0 Å². The summed E-state index contributed by atoms with van der Waals surface area (Å²) in [5.41, 5.74) is 1.88. The van der Waals surface area contributed by atoms with Crippen molar-refractivity contribution < 1.29 is 9.53 Å². The van der Waals surface area contributed by atoms with Crippen LogP contribution in [0.2, 0.25) is 0 Å². The molecule has 0 bridgehead atoms. The minimum Gasteiger partial charge on any atom is -0.489 e. The molecule has 2 heterocycles. The number of nitrogens with one attached hydrogen (secondary N) is 1. The molecule has 1 fully saturated rings. The van der Waals surface area contributed by atoms with Gasteiger partial charge in [-0.25, -0.2) is 9.97 Å². The number of anilines is 1. The van der Waals surface area contributed by atoms with Gasteiger partial charge in [-0.3, -0.25) is 4.79 Å². The Kier molecular flexibility index (Phi) is 6.08. The molecule has 1 aromatic carbocycles. The Labute approximate surface area is 171 Å². The summed E-state index contributed by atoms with van der Waals surface area (Å²) in [4.78, 5) is 21.8. The van der Waals surface area contributed by atoms with E-state index in [0.717, 1.165) is 23.3 Å². The lowest BCUT2D eigenvalue weighted by Gasteiger charge is -2.22. The second-order valence-electron chi connectivity index (χ2n) is 7.67. The summed E-state index contributed by atoms with van der Waals surface area (Å²) in [6, 6.07) is 11.6. The van der Waals surface area contributed by atoms with Gasteiger partial charge in [0.05, 0.1) is 17.6 Å². The van der Waals surface area contributed by atoms with Gasteiger partial charge in [0, 0.05) is 12.6 Å². The van der Waals surface area contributed by atoms with Crippen LogP contribution in [0.4, 0.5) is 5.82 Å². The van der Waals surface area contributed by atoms with Crippen molar-refractivity contribution in [3.63, 3.8) is 0 Å². The predicted octanol–water partition coefficient (Wildman–Crippen LogP) is 4.59. The molecule has 1 amide bonds. The number of pyridine rings is 1. The first kappa shape index (κ1) is 19.4. The molecule has 6 nitrogen and oxygen atoms in total. The molecule has 1 N–H and O–H groups in total. The van der Waals surface area contributed by atoms with Gasteiger partial charge < -0.3 is 14.6 Å². The maximum Gasteiger partial charge on any atom is 0.245 e. The number of nitrogens with zero attached hydrogens (tertiary/aromatic N) is 3. The van der Waals surface area contributed by atoms with E-state index in [1.807, 2.05) is 47.9 Å². The van der Waals surface area contributed by atoms with Crippen molar-refractivity contribution in [2.24, 2.45) is 5.92 Å². The SMILES string of the molecule is CCc1nc2ccccc2n1CC(=O)Nc1ncccc1OCC1CCCCC1. The molecule has 29 heavy (non-hydrogen) atoms. The van der Waals surface area contributed by atoms with Gasteiger partial charge >= 0.3 is 0 Å². The van der Waals surface area contributed by atoms with Crippen molar-refractivity contribution in [2.45, 2.75) is 52.0 Å². The van der Waals surface area contributed by atoms with E-state index in [1.165, 1.54) is 32.1 Å². The summed E-state index contributed by atoms with van der Waals surface area (Å²) in [6.07, 6.45) is 8.76. The standard InChI is InChI=1S/C23H28N4O2/c1-2-21-25-18-11-6-7-12-19(18)27(21)15-22(28)26-23-20(13-8-14-24-23)29-16-17-9-4-3-5-10-17/h6-8,11-14,17H,2-5,9-10,15-16H2,1H3,(H,24,26,28). The predicted molar refractivity (Wildman–Crippen MR) is 114 cm³/mol. The van der Waals surface area contributed by atoms with Gasteiger partial charge in [0.2, 0.25) is 5.91 Å². The summed E-state index contributed by atoms with van der Waals surface area (Å²) in [7, 11) is 0. The number of aryl methyl sites for hydroxylation is 1. The molecule has 0 radical (unpaired) electrons. The van der Waals surface area contributed by atoms with Crippen LogP contribution >= 0.6 is 0 Å². The largest absolute Gasteiger partial charge is 0.489 e. The zero-order valence-electron chi connectivity index (χ0n) is 16.9. The molecule has 2 aromatic heterocycles. The van der Waals surface area contributed by atoms with Gasteiger partial charge in [-0.05, 0) is 43.0 Å². The molecule has 0 atom stereocenters. The first-order valence-electron chi connectivity index (χ1n) is 10.6. The van der Waals surface area contributed by atoms with Gasteiger partial charge in [-0.1, -0.05) is 38.3 Å². The van der Waals surface area contributed by atoms with E-state index in [-0.39, 0.29) is 12.5 Å². The third-order valence-electron chi connectivity index (χ3n) is 5.58. The molecule has 4 rings (SSSR count). The van der Waals surface area contributed by atoms with Crippen molar-refractivity contribution in [2.75, 3.05) is 11.9 Å². The highest BCUT2D eigenvalue weighted by atomic mass is 16.5. The Bertz CT molecular complexity index is 976. The number of aromatic nitrogens is 3. The van der Waals surface area contributed by atoms with E-state index in [2.05, 4.69) is 15.3 Å². The average molecular weight is 393 g/mol. The molecule has 0 saturated heterocycles. The molecule has 1 aliphatic rings. The lowest BCUT2D eigenvalue weighted by Crippen LogP contribution is -2.21. The molecule has 6 heteroatoms. The van der Waals surface area contributed by atoms with E-state index >= 15 is 0 Å². The highest BCUT2D eigenvalue weighted by Crippen LogP contribution is 2.27. The first-order valence-corrected chi connectivity index (χ1v) is 10.6. The Morgan fingerprint density at radius 3 is 2.83 bits per heavy atom. The van der Waals surface area contributed by atoms with Crippen molar-refractivity contribution in [3.8, 4) is 5.75 Å². The first-order chi connectivity index (χ1) is 14.2. The quantitative estimate of drug-likeness (QED) is 0.638. The number of fused-ring (bicyclic) bond motifs is 1. The zero-order valence-corrected chi connectivity index (χ0v) is 16.9. The number of carbonyl (C=O) groups is 1. The molecular formula is C23H28N4O2. The highest BCUT2D eigenvalue weighted by Gasteiger charge is 2.17. The van der Waals surface area contributed by atoms with Crippen LogP contribution in [0.1, 0.15) is 44.9 Å². The molecule has 152 valence electrons. The zero-order chi connectivity index (χ0) is 20.1. The average Bonchev–Trinajstić information content (AvgIpc) is 3.11. The number of imidazole rings is 1. The summed E-state index contributed by atoms with van der Waals surface area (Å²) in [5.74, 6) is 2.48. The molecule has 3 aromatic rings. The second kappa shape index (κ2) is 9.07. The third-order valence-corrected chi connectivity index (χ3v) is 5.58. The number of amides is 1. The van der Waals surface area contributed by atoms with Crippen LogP contribution in [0.15, 0.2) is 42.6 Å². The number of carbonyl (C=O) groups excluding carboxylic acids is 1. The maximum absolute atomic E-state index is 12.8. The van der Waals surface area contributed by atoms with E-state index in [9.17, 15) is 4.79 Å². The summed E-state index contributed by atoms with van der Waals surface area (Å²) in [6.45, 7) is 2.93. The fourth-order valence-corrected chi connectivity index (χ4v) is 4.05. The van der Waals surface area contributed by atoms with Gasteiger partial charge in [0.25, 0.3) is 0 Å². The highest BCUT2D eigenvalue weighted by molar-refractivity contribution is 5.92. The third kappa shape index (κ3) is 4.58. The Morgan fingerprint density at radius 2 is 2.00 bits per heavy atom. The van der Waals surface area contributed by atoms with E-state index < -0.39 is 0 Å². The summed E-state index contributed by atoms with van der Waals surface area (Å²) >= 11 is 0. The lowest BCUT2D eigenvalue weighted by molar-refractivity contribution is -0.116. The number of ether oxygens (including phenoxy) is 1. The van der Waals surface area contributed by atoms with E-state index in [0.29, 0.717) is 24.1 Å². The van der Waals surface area contributed by atoms with Gasteiger partial charge in [-0.2, -0.15) is 0 Å². The van der Waals surface area contributed by atoms with Gasteiger partial charge in [-0.15, -0.1) is 0 Å². The fraction of sp³-hybridized carbons (Fsp3) is 0.435. The van der Waals surface area contributed by atoms with Crippen LogP contribution in [0.3, 0.4) is 0 Å². The summed E-state index contributed by atoms with van der Waals surface area (Å²) in [5, 5.41) is 2.93. The minimum atomic E-state index is -0.135. The molecule has 1 saturated carbocycles. The Balaban J connectivity index is 1.45. The van der Waals surface area contributed by atoms with Gasteiger partial charge in [0.1, 0.15) is 12.4 Å². The summed E-state index contributed by atoms with van der Waals surface area (Å²) < 4.78 is 8.00. The molecule has 0 unspecified atom stereocenters. The maximum atomic E-state index is 12.8. The van der Waals surface area contributed by atoms with E-state index in [1.54, 1.807) is 6.20 Å². The number of hydrogen-bond acceptors (Lipinski definition) is 4. The van der Waals surface area contributed by atoms with Crippen LogP contribution in [0.5, 0.6) is 5.75 Å². The topological polar surface area (TPSA) is 69.0 Å². The fourth-order valence-electron chi connectivity index (χ4n) is 4.05. The molecule has 1 aliphatic carbocycles. The number of benzene rings is 1. The second-order valence-corrected chi connectivity index (χ2v) is 7.67. The van der Waals surface area contributed by atoms with Gasteiger partial charge in [0.15, 0.2) is 11.6 Å². The Morgan fingerprint density at radius 1 is 1.17 bits per heavy atom. The minimum absolute atomic E-state index is 0.135. The number of hydrogen-bond donors (Lipinski definition) is 1. The monoisotopic (exact) mass is 392 g/mol. The molecular weight excluding hydrogens is 364 g/mol. The molecule has 0 spiro atoms. The normalized spacial score (nSPS) is 14.8. The smallest absolute Gasteiger partial charge is 0.245 e.